The highest BCUT2D eigenvalue weighted by Gasteiger charge is 2.08. The lowest BCUT2D eigenvalue weighted by Gasteiger charge is -2.12. The van der Waals surface area contributed by atoms with Crippen molar-refractivity contribution in [1.82, 2.24) is 10.4 Å². The van der Waals surface area contributed by atoms with Gasteiger partial charge in [0.05, 0.1) is 13.3 Å². The molecule has 0 unspecified atom stereocenters. The van der Waals surface area contributed by atoms with E-state index < -0.39 is 0 Å². The number of nitrogens with one attached hydrogen (secondary N) is 1. The molecule has 3 aromatic carbocycles. The summed E-state index contributed by atoms with van der Waals surface area (Å²) in [5.41, 5.74) is 4.89. The summed E-state index contributed by atoms with van der Waals surface area (Å²) in [7, 11) is 1.61. The van der Waals surface area contributed by atoms with Crippen LogP contribution in [-0.2, 0) is 11.4 Å². The van der Waals surface area contributed by atoms with Crippen molar-refractivity contribution < 1.29 is 19.0 Å². The molecular formula is C26H23N3O4. The van der Waals surface area contributed by atoms with Gasteiger partial charge in [0, 0.05) is 17.1 Å². The van der Waals surface area contributed by atoms with Crippen LogP contribution in [0.15, 0.2) is 90.2 Å². The Morgan fingerprint density at radius 2 is 1.82 bits per heavy atom. The zero-order valence-corrected chi connectivity index (χ0v) is 18.1. The highest BCUT2D eigenvalue weighted by atomic mass is 16.5. The summed E-state index contributed by atoms with van der Waals surface area (Å²) in [6.07, 6.45) is 3.30. The summed E-state index contributed by atoms with van der Waals surface area (Å²) in [6.45, 7) is 0.167. The molecule has 4 rings (SSSR count). The van der Waals surface area contributed by atoms with Gasteiger partial charge in [0.2, 0.25) is 0 Å². The lowest BCUT2D eigenvalue weighted by molar-refractivity contribution is -0.123. The number of amides is 1. The van der Waals surface area contributed by atoms with Crippen LogP contribution in [0.25, 0.3) is 10.9 Å². The standard InChI is InChI=1S/C26H23N3O4/c1-31-23-13-12-19(16-28-29-25(30)18-32-22-9-3-2-4-10-22)15-21(23)17-33-24-11-5-7-20-8-6-14-27-26(20)24/h2-16H,17-18H2,1H3,(H,29,30)/b28-16-. The average molecular weight is 441 g/mol. The molecule has 1 heterocycles. The molecule has 0 atom stereocenters. The molecule has 1 N–H and O–H groups in total. The SMILES string of the molecule is COc1ccc(/C=N\NC(=O)COc2ccccc2)cc1COc1cccc2cccnc12. The first kappa shape index (κ1) is 21.8. The lowest BCUT2D eigenvalue weighted by Crippen LogP contribution is -2.24. The predicted molar refractivity (Wildman–Crippen MR) is 127 cm³/mol. The monoisotopic (exact) mass is 441 g/mol. The van der Waals surface area contributed by atoms with E-state index >= 15 is 0 Å². The Labute approximate surface area is 191 Å². The molecule has 1 aromatic heterocycles. The first-order valence-electron chi connectivity index (χ1n) is 10.4. The van der Waals surface area contributed by atoms with Crippen molar-refractivity contribution in [2.75, 3.05) is 13.7 Å². The maximum atomic E-state index is 11.9. The number of carbonyl (C=O) groups is 1. The number of hydrazone groups is 1. The second kappa shape index (κ2) is 10.8. The Bertz CT molecular complexity index is 1250. The zero-order chi connectivity index (χ0) is 22.9. The van der Waals surface area contributed by atoms with Crippen LogP contribution >= 0.6 is 0 Å². The van der Waals surface area contributed by atoms with Gasteiger partial charge < -0.3 is 14.2 Å². The third kappa shape index (κ3) is 5.86. The zero-order valence-electron chi connectivity index (χ0n) is 18.1. The Morgan fingerprint density at radius 1 is 0.970 bits per heavy atom. The molecule has 0 spiro atoms. The summed E-state index contributed by atoms with van der Waals surface area (Å²) in [4.78, 5) is 16.4. The largest absolute Gasteiger partial charge is 0.496 e. The molecule has 4 aromatic rings. The molecule has 7 nitrogen and oxygen atoms in total. The van der Waals surface area contributed by atoms with Crippen molar-refractivity contribution in [1.29, 1.82) is 0 Å². The topological polar surface area (TPSA) is 82.0 Å². The van der Waals surface area contributed by atoms with E-state index in [0.717, 1.165) is 22.0 Å². The number of carbonyl (C=O) groups excluding carboxylic acids is 1. The van der Waals surface area contributed by atoms with Crippen LogP contribution in [0, 0.1) is 0 Å². The number of nitrogens with zero attached hydrogens (tertiary/aromatic N) is 2. The number of para-hydroxylation sites is 2. The molecule has 0 bridgehead atoms. The van der Waals surface area contributed by atoms with Gasteiger partial charge in [-0.05, 0) is 48.0 Å². The van der Waals surface area contributed by atoms with Crippen LogP contribution in [0.1, 0.15) is 11.1 Å². The van der Waals surface area contributed by atoms with Crippen LogP contribution in [0.5, 0.6) is 17.2 Å². The highest BCUT2D eigenvalue weighted by Crippen LogP contribution is 2.26. The van der Waals surface area contributed by atoms with E-state index in [1.165, 1.54) is 0 Å². The van der Waals surface area contributed by atoms with Gasteiger partial charge in [-0.1, -0.05) is 36.4 Å². The summed E-state index contributed by atoms with van der Waals surface area (Å²) < 4.78 is 16.9. The predicted octanol–water partition coefficient (Wildman–Crippen LogP) is 4.35. The van der Waals surface area contributed by atoms with Crippen LogP contribution in [-0.4, -0.2) is 30.8 Å². The number of ether oxygens (including phenoxy) is 3. The molecule has 166 valence electrons. The Balaban J connectivity index is 1.38. The first-order chi connectivity index (χ1) is 16.2. The van der Waals surface area contributed by atoms with Crippen molar-refractivity contribution >= 4 is 23.0 Å². The number of pyridine rings is 1. The van der Waals surface area contributed by atoms with E-state index in [0.29, 0.717) is 17.2 Å². The number of benzene rings is 3. The number of hydrogen-bond acceptors (Lipinski definition) is 6. The highest BCUT2D eigenvalue weighted by molar-refractivity contribution is 5.84. The van der Waals surface area contributed by atoms with Crippen molar-refractivity contribution in [3.8, 4) is 17.2 Å². The van der Waals surface area contributed by atoms with Gasteiger partial charge in [0.25, 0.3) is 5.91 Å². The van der Waals surface area contributed by atoms with E-state index in [2.05, 4.69) is 15.5 Å². The van der Waals surface area contributed by atoms with Crippen molar-refractivity contribution in [2.24, 2.45) is 5.10 Å². The number of methoxy groups -OCH3 is 1. The van der Waals surface area contributed by atoms with Gasteiger partial charge in [0.1, 0.15) is 29.4 Å². The van der Waals surface area contributed by atoms with Crippen LogP contribution < -0.4 is 19.6 Å². The molecule has 33 heavy (non-hydrogen) atoms. The lowest BCUT2D eigenvalue weighted by atomic mass is 10.1. The molecule has 1 amide bonds. The molecule has 7 heteroatoms. The molecule has 0 saturated heterocycles. The molecule has 0 radical (unpaired) electrons. The fraction of sp³-hybridized carbons (Fsp3) is 0.115. The number of aromatic nitrogens is 1. The van der Waals surface area contributed by atoms with Gasteiger partial charge in [-0.2, -0.15) is 5.10 Å². The smallest absolute Gasteiger partial charge is 0.277 e. The second-order valence-electron chi connectivity index (χ2n) is 7.09. The third-order valence-electron chi connectivity index (χ3n) is 4.80. The van der Waals surface area contributed by atoms with Crippen molar-refractivity contribution in [3.05, 3.63) is 96.2 Å². The normalized spacial score (nSPS) is 10.8. The molecular weight excluding hydrogens is 418 g/mol. The van der Waals surface area contributed by atoms with E-state index in [-0.39, 0.29) is 19.1 Å². The summed E-state index contributed by atoms with van der Waals surface area (Å²) in [5.74, 6) is 1.66. The van der Waals surface area contributed by atoms with Gasteiger partial charge in [0.15, 0.2) is 6.61 Å². The Morgan fingerprint density at radius 3 is 2.67 bits per heavy atom. The number of fused-ring (bicyclic) bond motifs is 1. The first-order valence-corrected chi connectivity index (χ1v) is 10.4. The van der Waals surface area contributed by atoms with E-state index in [1.54, 1.807) is 31.7 Å². The minimum Gasteiger partial charge on any atom is -0.496 e. The van der Waals surface area contributed by atoms with Crippen molar-refractivity contribution in [3.63, 3.8) is 0 Å². The molecule has 0 aliphatic rings. The average Bonchev–Trinajstić information content (AvgIpc) is 2.87. The molecule has 0 fully saturated rings. The van der Waals surface area contributed by atoms with Crippen molar-refractivity contribution in [2.45, 2.75) is 6.61 Å². The number of rotatable bonds is 9. The third-order valence-corrected chi connectivity index (χ3v) is 4.80. The molecule has 0 aliphatic heterocycles. The fourth-order valence-corrected chi connectivity index (χ4v) is 3.22. The van der Waals surface area contributed by atoms with Crippen LogP contribution in [0.2, 0.25) is 0 Å². The van der Waals surface area contributed by atoms with Gasteiger partial charge in [-0.15, -0.1) is 0 Å². The number of hydrogen-bond donors (Lipinski definition) is 1. The van der Waals surface area contributed by atoms with E-state index in [9.17, 15) is 4.79 Å². The summed E-state index contributed by atoms with van der Waals surface area (Å²) >= 11 is 0. The van der Waals surface area contributed by atoms with E-state index in [1.807, 2.05) is 66.7 Å². The van der Waals surface area contributed by atoms with Crippen LogP contribution in [0.4, 0.5) is 0 Å². The Hall–Kier alpha value is -4.39. The van der Waals surface area contributed by atoms with Gasteiger partial charge in [-0.25, -0.2) is 5.43 Å². The molecule has 0 aliphatic carbocycles. The van der Waals surface area contributed by atoms with Crippen LogP contribution in [0.3, 0.4) is 0 Å². The fourth-order valence-electron chi connectivity index (χ4n) is 3.22. The minimum atomic E-state index is -0.351. The molecule has 0 saturated carbocycles. The summed E-state index contributed by atoms with van der Waals surface area (Å²) in [6, 6.07) is 24.4. The maximum Gasteiger partial charge on any atom is 0.277 e. The maximum absolute atomic E-state index is 11.9. The summed E-state index contributed by atoms with van der Waals surface area (Å²) in [5, 5.41) is 5.02. The van der Waals surface area contributed by atoms with E-state index in [4.69, 9.17) is 14.2 Å². The second-order valence-corrected chi connectivity index (χ2v) is 7.09. The van der Waals surface area contributed by atoms with Gasteiger partial charge >= 0.3 is 0 Å². The minimum absolute atomic E-state index is 0.123. The Kier molecular flexibility index (Phi) is 7.12. The quantitative estimate of drug-likeness (QED) is 0.308. The van der Waals surface area contributed by atoms with Gasteiger partial charge in [-0.3, -0.25) is 9.78 Å².